The maximum Gasteiger partial charge on any atom is 0.253 e. The van der Waals surface area contributed by atoms with E-state index in [1.54, 1.807) is 6.07 Å². The molecule has 1 fully saturated rings. The number of benzene rings is 1. The fourth-order valence-corrected chi connectivity index (χ4v) is 2.15. The lowest BCUT2D eigenvalue weighted by atomic mass is 10.1. The summed E-state index contributed by atoms with van der Waals surface area (Å²) in [5.74, 6) is -0.0601. The van der Waals surface area contributed by atoms with Crippen molar-refractivity contribution in [2.45, 2.75) is 32.3 Å². The van der Waals surface area contributed by atoms with Crippen LogP contribution in [-0.4, -0.2) is 18.6 Å². The number of amides is 1. The van der Waals surface area contributed by atoms with Crippen LogP contribution in [0.1, 0.15) is 24.8 Å². The Balaban J connectivity index is 2.02. The second-order valence-electron chi connectivity index (χ2n) is 4.30. The highest BCUT2D eigenvalue weighted by Crippen LogP contribution is 2.21. The van der Waals surface area contributed by atoms with Crippen LogP contribution in [0.25, 0.3) is 0 Å². The number of carbonyl (C=O) groups is 1. The third-order valence-corrected chi connectivity index (χ3v) is 3.15. The highest BCUT2D eigenvalue weighted by Gasteiger charge is 2.22. The van der Waals surface area contributed by atoms with Gasteiger partial charge in [-0.2, -0.15) is 0 Å². The summed E-state index contributed by atoms with van der Waals surface area (Å²) < 4.78 is 5.44. The van der Waals surface area contributed by atoms with Gasteiger partial charge < -0.3 is 10.1 Å². The van der Waals surface area contributed by atoms with Crippen LogP contribution in [0.3, 0.4) is 0 Å². The Morgan fingerprint density at radius 1 is 1.47 bits per heavy atom. The lowest BCUT2D eigenvalue weighted by Crippen LogP contribution is -2.33. The molecule has 1 aromatic rings. The third-order valence-electron chi connectivity index (χ3n) is 2.92. The first-order valence-corrected chi connectivity index (χ1v) is 6.23. The molecule has 0 saturated carbocycles. The van der Waals surface area contributed by atoms with Crippen molar-refractivity contribution in [2.24, 2.45) is 0 Å². The van der Waals surface area contributed by atoms with Crippen LogP contribution in [0.4, 0.5) is 5.69 Å². The molecule has 1 atom stereocenters. The summed E-state index contributed by atoms with van der Waals surface area (Å²) in [6.07, 6.45) is 2.60. The molecule has 0 radical (unpaired) electrons. The van der Waals surface area contributed by atoms with Gasteiger partial charge in [-0.15, -0.1) is 0 Å². The Kier molecular flexibility index (Phi) is 4.02. The summed E-state index contributed by atoms with van der Waals surface area (Å²) in [7, 11) is 0. The van der Waals surface area contributed by atoms with Gasteiger partial charge in [0.05, 0.1) is 0 Å². The van der Waals surface area contributed by atoms with Crippen LogP contribution in [0.2, 0.25) is 5.02 Å². The molecule has 0 aliphatic carbocycles. The van der Waals surface area contributed by atoms with Gasteiger partial charge in [0.2, 0.25) is 0 Å². The maximum atomic E-state index is 11.9. The Labute approximate surface area is 106 Å². The number of anilines is 1. The first-order chi connectivity index (χ1) is 8.16. The number of rotatable bonds is 2. The van der Waals surface area contributed by atoms with E-state index in [4.69, 9.17) is 16.3 Å². The molecular formula is C13H16ClNO2. The molecule has 1 aliphatic heterocycles. The van der Waals surface area contributed by atoms with E-state index in [1.807, 2.05) is 19.1 Å². The van der Waals surface area contributed by atoms with Gasteiger partial charge in [-0.3, -0.25) is 4.79 Å². The normalized spacial score (nSPS) is 20.0. The maximum absolute atomic E-state index is 11.9. The predicted molar refractivity (Wildman–Crippen MR) is 68.4 cm³/mol. The summed E-state index contributed by atoms with van der Waals surface area (Å²) in [5, 5.41) is 3.56. The lowest BCUT2D eigenvalue weighted by molar-refractivity contribution is -0.129. The standard InChI is InChI=1S/C13H16ClNO2/c1-9-8-10(14)5-6-11(9)15-13(16)12-4-2-3-7-17-12/h5-6,8,12H,2-4,7H2,1H3,(H,15,16). The molecule has 1 saturated heterocycles. The van der Waals surface area contributed by atoms with E-state index in [9.17, 15) is 4.79 Å². The lowest BCUT2D eigenvalue weighted by Gasteiger charge is -2.22. The minimum Gasteiger partial charge on any atom is -0.368 e. The topological polar surface area (TPSA) is 38.3 Å². The molecule has 2 rings (SSSR count). The third kappa shape index (κ3) is 3.20. The van der Waals surface area contributed by atoms with Crippen molar-refractivity contribution in [2.75, 3.05) is 11.9 Å². The highest BCUT2D eigenvalue weighted by atomic mass is 35.5. The Morgan fingerprint density at radius 2 is 2.29 bits per heavy atom. The van der Waals surface area contributed by atoms with Gasteiger partial charge in [0, 0.05) is 17.3 Å². The van der Waals surface area contributed by atoms with Crippen LogP contribution in [0.15, 0.2) is 18.2 Å². The number of halogens is 1. The van der Waals surface area contributed by atoms with Crippen molar-refractivity contribution in [3.8, 4) is 0 Å². The first kappa shape index (κ1) is 12.4. The molecule has 17 heavy (non-hydrogen) atoms. The molecular weight excluding hydrogens is 238 g/mol. The largest absolute Gasteiger partial charge is 0.368 e. The van der Waals surface area contributed by atoms with Gasteiger partial charge in [0.25, 0.3) is 5.91 Å². The van der Waals surface area contributed by atoms with Crippen molar-refractivity contribution >= 4 is 23.2 Å². The fraction of sp³-hybridized carbons (Fsp3) is 0.462. The highest BCUT2D eigenvalue weighted by molar-refractivity contribution is 6.30. The first-order valence-electron chi connectivity index (χ1n) is 5.85. The average molecular weight is 254 g/mol. The predicted octanol–water partition coefficient (Wildman–Crippen LogP) is 3.16. The van der Waals surface area contributed by atoms with E-state index in [1.165, 1.54) is 0 Å². The molecule has 0 bridgehead atoms. The smallest absolute Gasteiger partial charge is 0.253 e. The van der Waals surface area contributed by atoms with E-state index in [0.29, 0.717) is 11.6 Å². The molecule has 1 aromatic carbocycles. The van der Waals surface area contributed by atoms with Crippen LogP contribution in [0, 0.1) is 6.92 Å². The van der Waals surface area contributed by atoms with E-state index < -0.39 is 0 Å². The number of ether oxygens (including phenoxy) is 1. The zero-order valence-electron chi connectivity index (χ0n) is 9.83. The molecule has 1 unspecified atom stereocenters. The SMILES string of the molecule is Cc1cc(Cl)ccc1NC(=O)C1CCCCO1. The minimum atomic E-state index is -0.307. The van der Waals surface area contributed by atoms with Crippen molar-refractivity contribution in [1.29, 1.82) is 0 Å². The second kappa shape index (κ2) is 5.52. The second-order valence-corrected chi connectivity index (χ2v) is 4.74. The number of nitrogens with one attached hydrogen (secondary N) is 1. The monoisotopic (exact) mass is 253 g/mol. The van der Waals surface area contributed by atoms with E-state index in [0.717, 1.165) is 30.5 Å². The molecule has 92 valence electrons. The van der Waals surface area contributed by atoms with Crippen molar-refractivity contribution in [3.63, 3.8) is 0 Å². The van der Waals surface area contributed by atoms with Gasteiger partial charge >= 0.3 is 0 Å². The average Bonchev–Trinajstić information content (AvgIpc) is 2.34. The minimum absolute atomic E-state index is 0.0601. The van der Waals surface area contributed by atoms with Crippen LogP contribution >= 0.6 is 11.6 Å². The molecule has 1 heterocycles. The molecule has 1 N–H and O–H groups in total. The van der Waals surface area contributed by atoms with Gasteiger partial charge in [-0.1, -0.05) is 11.6 Å². The molecule has 1 aliphatic rings. The summed E-state index contributed by atoms with van der Waals surface area (Å²) in [6.45, 7) is 2.60. The van der Waals surface area contributed by atoms with Crippen LogP contribution in [-0.2, 0) is 9.53 Å². The Bertz CT molecular complexity index is 414. The summed E-state index contributed by atoms with van der Waals surface area (Å²) in [6, 6.07) is 5.42. The van der Waals surface area contributed by atoms with E-state index in [2.05, 4.69) is 5.32 Å². The Morgan fingerprint density at radius 3 is 2.94 bits per heavy atom. The summed E-state index contributed by atoms with van der Waals surface area (Å²) >= 11 is 5.86. The van der Waals surface area contributed by atoms with E-state index >= 15 is 0 Å². The molecule has 0 spiro atoms. The van der Waals surface area contributed by atoms with Crippen molar-refractivity contribution in [1.82, 2.24) is 0 Å². The van der Waals surface area contributed by atoms with Gasteiger partial charge in [0.1, 0.15) is 6.10 Å². The van der Waals surface area contributed by atoms with Gasteiger partial charge in [-0.25, -0.2) is 0 Å². The zero-order valence-corrected chi connectivity index (χ0v) is 10.6. The quantitative estimate of drug-likeness (QED) is 0.879. The van der Waals surface area contributed by atoms with Crippen LogP contribution in [0.5, 0.6) is 0 Å². The zero-order chi connectivity index (χ0) is 12.3. The summed E-state index contributed by atoms with van der Waals surface area (Å²) in [5.41, 5.74) is 1.76. The van der Waals surface area contributed by atoms with Crippen molar-refractivity contribution < 1.29 is 9.53 Å². The molecule has 4 heteroatoms. The van der Waals surface area contributed by atoms with Gasteiger partial charge in [-0.05, 0) is 49.9 Å². The number of hydrogen-bond donors (Lipinski definition) is 1. The van der Waals surface area contributed by atoms with Crippen LogP contribution < -0.4 is 5.32 Å². The Hall–Kier alpha value is -1.06. The molecule has 3 nitrogen and oxygen atoms in total. The van der Waals surface area contributed by atoms with Crippen molar-refractivity contribution in [3.05, 3.63) is 28.8 Å². The van der Waals surface area contributed by atoms with Gasteiger partial charge in [0.15, 0.2) is 0 Å². The number of hydrogen-bond acceptors (Lipinski definition) is 2. The molecule has 0 aromatic heterocycles. The van der Waals surface area contributed by atoms with E-state index in [-0.39, 0.29) is 12.0 Å². The number of carbonyl (C=O) groups excluding carboxylic acids is 1. The number of aryl methyl sites for hydroxylation is 1. The summed E-state index contributed by atoms with van der Waals surface area (Å²) in [4.78, 5) is 11.9. The molecule has 1 amide bonds. The fourth-order valence-electron chi connectivity index (χ4n) is 1.93.